The zero-order chi connectivity index (χ0) is 11.8. The lowest BCUT2D eigenvalue weighted by molar-refractivity contribution is 0.628. The van der Waals surface area contributed by atoms with E-state index in [2.05, 4.69) is 4.98 Å². The van der Waals surface area contributed by atoms with Gasteiger partial charge in [-0.15, -0.1) is 0 Å². The molecule has 2 heterocycles. The minimum atomic E-state index is -0.266. The molecule has 1 aliphatic rings. The lowest BCUT2D eigenvalue weighted by Crippen LogP contribution is -2.12. The van der Waals surface area contributed by atoms with Crippen molar-refractivity contribution in [3.63, 3.8) is 0 Å². The standard InChI is InChI=1S/C12H14FN3S/c13-8-3-4-11-10(6-8)15-12(14)16(11)7-9-2-1-5-17-9/h3-4,6,9H,1-2,5,7H2,(H2,14,15). The number of nitrogens with zero attached hydrogens (tertiary/aromatic N) is 2. The predicted octanol–water partition coefficient (Wildman–Crippen LogP) is 2.65. The first kappa shape index (κ1) is 10.9. The summed E-state index contributed by atoms with van der Waals surface area (Å²) in [6.07, 6.45) is 2.50. The molecular weight excluding hydrogens is 237 g/mol. The molecule has 0 bridgehead atoms. The second-order valence-corrected chi connectivity index (χ2v) is 5.76. The van der Waals surface area contributed by atoms with Gasteiger partial charge in [0.05, 0.1) is 11.0 Å². The lowest BCUT2D eigenvalue weighted by atomic mass is 10.2. The molecule has 1 atom stereocenters. The summed E-state index contributed by atoms with van der Waals surface area (Å²) in [5.41, 5.74) is 7.47. The minimum absolute atomic E-state index is 0.266. The highest BCUT2D eigenvalue weighted by Crippen LogP contribution is 2.29. The van der Waals surface area contributed by atoms with Gasteiger partial charge in [0.1, 0.15) is 5.82 Å². The number of fused-ring (bicyclic) bond motifs is 1. The van der Waals surface area contributed by atoms with E-state index in [0.717, 1.165) is 12.1 Å². The Kier molecular flexibility index (Phi) is 2.70. The molecule has 5 heteroatoms. The molecule has 0 saturated carbocycles. The Bertz CT molecular complexity index is 546. The zero-order valence-electron chi connectivity index (χ0n) is 9.40. The molecule has 1 aromatic heterocycles. The summed E-state index contributed by atoms with van der Waals surface area (Å²) in [4.78, 5) is 4.21. The van der Waals surface area contributed by atoms with Gasteiger partial charge >= 0.3 is 0 Å². The number of thioether (sulfide) groups is 1. The van der Waals surface area contributed by atoms with Crippen molar-refractivity contribution in [2.45, 2.75) is 24.6 Å². The third kappa shape index (κ3) is 1.99. The lowest BCUT2D eigenvalue weighted by Gasteiger charge is -2.11. The number of imidazole rings is 1. The van der Waals surface area contributed by atoms with Gasteiger partial charge in [0.25, 0.3) is 0 Å². The number of hydrogen-bond donors (Lipinski definition) is 1. The first-order valence-electron chi connectivity index (χ1n) is 5.77. The van der Waals surface area contributed by atoms with Gasteiger partial charge < -0.3 is 10.3 Å². The molecular formula is C12H14FN3S. The highest BCUT2D eigenvalue weighted by molar-refractivity contribution is 8.00. The largest absolute Gasteiger partial charge is 0.369 e. The van der Waals surface area contributed by atoms with Crippen molar-refractivity contribution in [2.75, 3.05) is 11.5 Å². The van der Waals surface area contributed by atoms with E-state index in [1.54, 1.807) is 6.07 Å². The quantitative estimate of drug-likeness (QED) is 0.892. The smallest absolute Gasteiger partial charge is 0.201 e. The van der Waals surface area contributed by atoms with Gasteiger partial charge in [-0.2, -0.15) is 11.8 Å². The molecule has 1 unspecified atom stereocenters. The number of aromatic nitrogens is 2. The third-order valence-corrected chi connectivity index (χ3v) is 4.53. The van der Waals surface area contributed by atoms with Crippen molar-refractivity contribution in [3.8, 4) is 0 Å². The summed E-state index contributed by atoms with van der Waals surface area (Å²) in [5.74, 6) is 1.45. The van der Waals surface area contributed by atoms with Crippen LogP contribution in [-0.2, 0) is 6.54 Å². The molecule has 2 N–H and O–H groups in total. The van der Waals surface area contributed by atoms with E-state index in [-0.39, 0.29) is 5.82 Å². The molecule has 1 saturated heterocycles. The maximum absolute atomic E-state index is 13.1. The molecule has 1 aliphatic heterocycles. The van der Waals surface area contributed by atoms with E-state index in [9.17, 15) is 4.39 Å². The third-order valence-electron chi connectivity index (χ3n) is 3.15. The Morgan fingerprint density at radius 1 is 1.53 bits per heavy atom. The van der Waals surface area contributed by atoms with Crippen LogP contribution >= 0.6 is 11.8 Å². The van der Waals surface area contributed by atoms with Crippen LogP contribution in [0.4, 0.5) is 10.3 Å². The highest BCUT2D eigenvalue weighted by Gasteiger charge is 2.18. The van der Waals surface area contributed by atoms with Crippen molar-refractivity contribution < 1.29 is 4.39 Å². The first-order valence-corrected chi connectivity index (χ1v) is 6.82. The Morgan fingerprint density at radius 2 is 2.41 bits per heavy atom. The van der Waals surface area contributed by atoms with Crippen LogP contribution in [0.5, 0.6) is 0 Å². The summed E-state index contributed by atoms with van der Waals surface area (Å²) in [5, 5.41) is 0.611. The van der Waals surface area contributed by atoms with Crippen LogP contribution in [0.15, 0.2) is 18.2 Å². The monoisotopic (exact) mass is 251 g/mol. The van der Waals surface area contributed by atoms with Crippen LogP contribution in [0.2, 0.25) is 0 Å². The fourth-order valence-electron chi connectivity index (χ4n) is 2.31. The summed E-state index contributed by atoms with van der Waals surface area (Å²) >= 11 is 1.98. The van der Waals surface area contributed by atoms with Crippen LogP contribution in [0.25, 0.3) is 11.0 Å². The van der Waals surface area contributed by atoms with Crippen LogP contribution < -0.4 is 5.73 Å². The molecule has 0 radical (unpaired) electrons. The maximum atomic E-state index is 13.1. The predicted molar refractivity (Wildman–Crippen MR) is 69.6 cm³/mol. The molecule has 0 amide bonds. The SMILES string of the molecule is Nc1nc2cc(F)ccc2n1CC1CCCS1. The Morgan fingerprint density at radius 3 is 3.18 bits per heavy atom. The fraction of sp³-hybridized carbons (Fsp3) is 0.417. The molecule has 0 spiro atoms. The molecule has 1 aromatic carbocycles. The number of nitrogen functional groups attached to an aromatic ring is 1. The summed E-state index contributed by atoms with van der Waals surface area (Å²) in [6.45, 7) is 0.874. The summed E-state index contributed by atoms with van der Waals surface area (Å²) in [7, 11) is 0. The van der Waals surface area contributed by atoms with E-state index in [1.165, 1.54) is 30.7 Å². The van der Waals surface area contributed by atoms with Crippen molar-refractivity contribution in [3.05, 3.63) is 24.0 Å². The fourth-order valence-corrected chi connectivity index (χ4v) is 3.56. The van der Waals surface area contributed by atoms with Gasteiger partial charge in [-0.05, 0) is 30.7 Å². The van der Waals surface area contributed by atoms with Crippen LogP contribution in [0.3, 0.4) is 0 Å². The van der Waals surface area contributed by atoms with Crippen LogP contribution in [-0.4, -0.2) is 20.6 Å². The Hall–Kier alpha value is -1.23. The van der Waals surface area contributed by atoms with E-state index >= 15 is 0 Å². The maximum Gasteiger partial charge on any atom is 0.201 e. The van der Waals surface area contributed by atoms with Crippen molar-refractivity contribution in [2.24, 2.45) is 0 Å². The molecule has 3 rings (SSSR count). The number of hydrogen-bond acceptors (Lipinski definition) is 3. The second-order valence-electron chi connectivity index (χ2n) is 4.35. The molecule has 1 fully saturated rings. The van der Waals surface area contributed by atoms with E-state index in [4.69, 9.17) is 5.73 Å². The Labute approximate surface area is 103 Å². The summed E-state index contributed by atoms with van der Waals surface area (Å²) < 4.78 is 15.1. The van der Waals surface area contributed by atoms with E-state index < -0.39 is 0 Å². The van der Waals surface area contributed by atoms with E-state index in [1.807, 2.05) is 16.3 Å². The van der Waals surface area contributed by atoms with Crippen molar-refractivity contribution >= 4 is 28.7 Å². The van der Waals surface area contributed by atoms with Gasteiger partial charge in [0.2, 0.25) is 5.95 Å². The molecule has 3 nitrogen and oxygen atoms in total. The minimum Gasteiger partial charge on any atom is -0.369 e. The first-order chi connectivity index (χ1) is 8.24. The molecule has 90 valence electrons. The van der Waals surface area contributed by atoms with Crippen LogP contribution in [0.1, 0.15) is 12.8 Å². The zero-order valence-corrected chi connectivity index (χ0v) is 10.2. The van der Waals surface area contributed by atoms with Gasteiger partial charge in [-0.1, -0.05) is 0 Å². The van der Waals surface area contributed by atoms with Gasteiger partial charge in [-0.25, -0.2) is 9.37 Å². The number of rotatable bonds is 2. The van der Waals surface area contributed by atoms with Gasteiger partial charge in [-0.3, -0.25) is 0 Å². The number of nitrogens with two attached hydrogens (primary N) is 1. The average Bonchev–Trinajstić information content (AvgIpc) is 2.88. The normalized spacial score (nSPS) is 20.2. The average molecular weight is 251 g/mol. The molecule has 2 aromatic rings. The van der Waals surface area contributed by atoms with Gasteiger partial charge in [0, 0.05) is 17.9 Å². The van der Waals surface area contributed by atoms with Crippen molar-refractivity contribution in [1.29, 1.82) is 0 Å². The molecule has 17 heavy (non-hydrogen) atoms. The van der Waals surface area contributed by atoms with Crippen molar-refractivity contribution in [1.82, 2.24) is 9.55 Å². The number of halogens is 1. The summed E-state index contributed by atoms with van der Waals surface area (Å²) in [6, 6.07) is 4.65. The highest BCUT2D eigenvalue weighted by atomic mass is 32.2. The van der Waals surface area contributed by atoms with Gasteiger partial charge in [0.15, 0.2) is 0 Å². The molecule has 0 aliphatic carbocycles. The Balaban J connectivity index is 1.99. The van der Waals surface area contributed by atoms with Crippen LogP contribution in [0, 0.1) is 5.82 Å². The number of benzene rings is 1. The topological polar surface area (TPSA) is 43.8 Å². The van der Waals surface area contributed by atoms with E-state index in [0.29, 0.717) is 16.7 Å². The number of anilines is 1. The second kappa shape index (κ2) is 4.22.